The molecule has 0 saturated heterocycles. The highest BCUT2D eigenvalue weighted by Crippen LogP contribution is 2.53. The lowest BCUT2D eigenvalue weighted by atomic mass is 9.80. The molecular weight excluding hydrogens is 697 g/mol. The summed E-state index contributed by atoms with van der Waals surface area (Å²) in [5.74, 6) is 0. The molecule has 0 unspecified atom stereocenters. The van der Waals surface area contributed by atoms with E-state index in [0.29, 0.717) is 0 Å². The summed E-state index contributed by atoms with van der Waals surface area (Å²) in [6.07, 6.45) is 0. The number of fused-ring (bicyclic) bond motifs is 11. The van der Waals surface area contributed by atoms with Gasteiger partial charge in [-0.2, -0.15) is 0 Å². The van der Waals surface area contributed by atoms with Crippen molar-refractivity contribution in [3.8, 4) is 66.8 Å². The van der Waals surface area contributed by atoms with Gasteiger partial charge in [-0.25, -0.2) is 0 Å². The molecule has 0 radical (unpaired) electrons. The SMILES string of the molecule is CC(C)(C)c1cccc(-c2ccc(C(C)(C)C)cc2-c2cc3c4cc5c(cc4ccc3c3cc4c(cc23)-c2cccc3cccc-4c23)-c2cccc3cccc-5c23)c1. The summed E-state index contributed by atoms with van der Waals surface area (Å²) in [6.45, 7) is 13.9. The summed E-state index contributed by atoms with van der Waals surface area (Å²) in [6, 6.07) is 60.9. The van der Waals surface area contributed by atoms with Gasteiger partial charge in [0.1, 0.15) is 0 Å². The van der Waals surface area contributed by atoms with Crippen LogP contribution in [0.25, 0.3) is 121 Å². The van der Waals surface area contributed by atoms with Gasteiger partial charge in [-0.3, -0.25) is 0 Å². The lowest BCUT2D eigenvalue weighted by molar-refractivity contribution is 0.590. The molecule has 0 heteroatoms. The predicted octanol–water partition coefficient (Wildman–Crippen LogP) is 16.7. The van der Waals surface area contributed by atoms with Crippen molar-refractivity contribution in [2.75, 3.05) is 0 Å². The first kappa shape index (κ1) is 33.6. The van der Waals surface area contributed by atoms with E-state index in [2.05, 4.69) is 199 Å². The molecule has 2 aliphatic rings. The molecule has 58 heavy (non-hydrogen) atoms. The van der Waals surface area contributed by atoms with E-state index in [1.165, 1.54) is 132 Å². The van der Waals surface area contributed by atoms with Gasteiger partial charge in [-0.15, -0.1) is 0 Å². The number of hydrogen-bond acceptors (Lipinski definition) is 0. The van der Waals surface area contributed by atoms with Crippen molar-refractivity contribution < 1.29 is 0 Å². The molecule has 0 fully saturated rings. The van der Waals surface area contributed by atoms with Gasteiger partial charge < -0.3 is 0 Å². The molecule has 0 bridgehead atoms. The van der Waals surface area contributed by atoms with Gasteiger partial charge in [0.05, 0.1) is 0 Å². The summed E-state index contributed by atoms with van der Waals surface area (Å²) >= 11 is 0. The smallest absolute Gasteiger partial charge is 0.00264 e. The van der Waals surface area contributed by atoms with Gasteiger partial charge in [0.25, 0.3) is 0 Å². The van der Waals surface area contributed by atoms with E-state index in [1.54, 1.807) is 0 Å². The topological polar surface area (TPSA) is 0 Å². The van der Waals surface area contributed by atoms with Crippen molar-refractivity contribution in [3.05, 3.63) is 169 Å². The fourth-order valence-corrected chi connectivity index (χ4v) is 10.4. The lowest BCUT2D eigenvalue weighted by Gasteiger charge is -2.24. The highest BCUT2D eigenvalue weighted by molar-refractivity contribution is 6.27. The van der Waals surface area contributed by atoms with Crippen molar-refractivity contribution in [3.63, 3.8) is 0 Å². The van der Waals surface area contributed by atoms with Crippen molar-refractivity contribution in [2.24, 2.45) is 0 Å². The van der Waals surface area contributed by atoms with Crippen LogP contribution in [0, 0.1) is 0 Å². The van der Waals surface area contributed by atoms with Crippen molar-refractivity contribution in [1.29, 1.82) is 0 Å². The summed E-state index contributed by atoms with van der Waals surface area (Å²) in [5.41, 5.74) is 18.5. The molecule has 0 heterocycles. The highest BCUT2D eigenvalue weighted by Gasteiger charge is 2.27. The first-order valence-electron chi connectivity index (χ1n) is 20.8. The molecule has 0 spiro atoms. The zero-order chi connectivity index (χ0) is 39.2. The molecule has 276 valence electrons. The second-order valence-corrected chi connectivity index (χ2v) is 18.9. The van der Waals surface area contributed by atoms with Gasteiger partial charge in [0.2, 0.25) is 0 Å². The molecule has 0 N–H and O–H groups in total. The molecule has 10 aromatic carbocycles. The third-order valence-corrected chi connectivity index (χ3v) is 13.4. The van der Waals surface area contributed by atoms with E-state index in [9.17, 15) is 0 Å². The zero-order valence-corrected chi connectivity index (χ0v) is 34.0. The van der Waals surface area contributed by atoms with E-state index in [0.717, 1.165) is 0 Å². The normalized spacial score (nSPS) is 13.0. The largest absolute Gasteiger partial charge is 0.0614 e. The van der Waals surface area contributed by atoms with E-state index in [4.69, 9.17) is 0 Å². The Kier molecular flexibility index (Phi) is 6.70. The van der Waals surface area contributed by atoms with Crippen LogP contribution in [-0.2, 0) is 10.8 Å². The number of rotatable bonds is 2. The minimum atomic E-state index is -0.0188. The first-order valence-corrected chi connectivity index (χ1v) is 20.8. The lowest BCUT2D eigenvalue weighted by Crippen LogP contribution is -2.12. The van der Waals surface area contributed by atoms with Gasteiger partial charge in [-0.05, 0) is 179 Å². The molecule has 0 nitrogen and oxygen atoms in total. The third kappa shape index (κ3) is 4.69. The summed E-state index contributed by atoms with van der Waals surface area (Å²) in [7, 11) is 0. The van der Waals surface area contributed by atoms with Gasteiger partial charge >= 0.3 is 0 Å². The molecule has 2 aliphatic carbocycles. The summed E-state index contributed by atoms with van der Waals surface area (Å²) in [5, 5.41) is 13.1. The van der Waals surface area contributed by atoms with Crippen LogP contribution in [0.1, 0.15) is 52.7 Å². The zero-order valence-electron chi connectivity index (χ0n) is 34.0. The minimum absolute atomic E-state index is 0.0188. The third-order valence-electron chi connectivity index (χ3n) is 13.4. The van der Waals surface area contributed by atoms with Crippen molar-refractivity contribution in [1.82, 2.24) is 0 Å². The van der Waals surface area contributed by atoms with Crippen molar-refractivity contribution >= 4 is 53.9 Å². The highest BCUT2D eigenvalue weighted by atomic mass is 14.3. The Morgan fingerprint density at radius 2 is 0.724 bits per heavy atom. The first-order chi connectivity index (χ1) is 28.0. The van der Waals surface area contributed by atoms with Crippen LogP contribution in [0.5, 0.6) is 0 Å². The monoisotopic (exact) mass is 740 g/mol. The average molecular weight is 741 g/mol. The second-order valence-electron chi connectivity index (χ2n) is 18.9. The van der Waals surface area contributed by atoms with E-state index >= 15 is 0 Å². The Hall–Kier alpha value is -6.50. The minimum Gasteiger partial charge on any atom is -0.0614 e. The predicted molar refractivity (Wildman–Crippen MR) is 251 cm³/mol. The molecular formula is C58H44. The van der Waals surface area contributed by atoms with Crippen LogP contribution >= 0.6 is 0 Å². The average Bonchev–Trinajstić information content (AvgIpc) is 3.71. The molecule has 0 amide bonds. The standard InChI is InChI=1S/C58H44/c1-57(2,3)37-17-7-16-35(26-37)39-25-23-38(58(4,5)6)28-47(39)53-30-48-40(49-31-51-43-20-10-14-34-15-11-21-44(56(34)43)52(51)32-54(49)53)24-22-36-27-46-41-18-8-12-33-13-9-19-42(55(33)41)50(46)29-45(36)48/h7-32H,1-6H3. The van der Waals surface area contributed by atoms with Crippen molar-refractivity contribution in [2.45, 2.75) is 52.4 Å². The number of benzene rings is 10. The van der Waals surface area contributed by atoms with E-state index in [-0.39, 0.29) is 10.8 Å². The molecule has 0 aliphatic heterocycles. The maximum Gasteiger partial charge on any atom is -0.00264 e. The fraction of sp³-hybridized carbons (Fsp3) is 0.138. The van der Waals surface area contributed by atoms with Gasteiger partial charge in [-0.1, -0.05) is 163 Å². The molecule has 0 aromatic heterocycles. The molecule has 12 rings (SSSR count). The molecule has 10 aromatic rings. The Bertz CT molecular complexity index is 3440. The maximum absolute atomic E-state index is 2.54. The Morgan fingerprint density at radius 1 is 0.259 bits per heavy atom. The Labute approximate surface area is 340 Å². The molecule has 0 saturated carbocycles. The Balaban J connectivity index is 1.23. The maximum atomic E-state index is 2.54. The van der Waals surface area contributed by atoms with Gasteiger partial charge in [0.15, 0.2) is 0 Å². The van der Waals surface area contributed by atoms with Crippen LogP contribution in [0.3, 0.4) is 0 Å². The van der Waals surface area contributed by atoms with Crippen LogP contribution in [-0.4, -0.2) is 0 Å². The van der Waals surface area contributed by atoms with Crippen LogP contribution in [0.15, 0.2) is 158 Å². The quantitative estimate of drug-likeness (QED) is 0.155. The van der Waals surface area contributed by atoms with Crippen LogP contribution in [0.4, 0.5) is 0 Å². The summed E-state index contributed by atoms with van der Waals surface area (Å²) in [4.78, 5) is 0. The fourth-order valence-electron chi connectivity index (χ4n) is 10.4. The summed E-state index contributed by atoms with van der Waals surface area (Å²) < 4.78 is 0. The van der Waals surface area contributed by atoms with E-state index in [1.807, 2.05) is 0 Å². The van der Waals surface area contributed by atoms with E-state index < -0.39 is 0 Å². The van der Waals surface area contributed by atoms with Crippen LogP contribution < -0.4 is 0 Å². The molecule has 0 atom stereocenters. The Morgan fingerprint density at radius 3 is 1.31 bits per heavy atom. The second kappa shape index (κ2) is 11.6. The van der Waals surface area contributed by atoms with Crippen LogP contribution in [0.2, 0.25) is 0 Å². The number of hydrogen-bond donors (Lipinski definition) is 0. The van der Waals surface area contributed by atoms with Gasteiger partial charge in [0, 0.05) is 0 Å².